The average Bonchev–Trinajstić information content (AvgIpc) is 3.40. The number of alkyl halides is 1. The summed E-state index contributed by atoms with van der Waals surface area (Å²) in [5, 5.41) is 4.12. The number of methoxy groups -OCH3 is 1. The van der Waals surface area contributed by atoms with Crippen molar-refractivity contribution in [3.8, 4) is 11.6 Å². The zero-order valence-corrected chi connectivity index (χ0v) is 16.1. The number of aromatic nitrogens is 1. The van der Waals surface area contributed by atoms with Gasteiger partial charge in [0.05, 0.1) is 18.8 Å². The number of nitrogens with one attached hydrogen (secondary N) is 1. The Morgan fingerprint density at radius 1 is 1.39 bits per heavy atom. The van der Waals surface area contributed by atoms with Crippen molar-refractivity contribution in [1.29, 1.82) is 0 Å². The van der Waals surface area contributed by atoms with Crippen LogP contribution >= 0.6 is 0 Å². The molecule has 1 saturated heterocycles. The molecule has 1 saturated carbocycles. The van der Waals surface area contributed by atoms with Crippen LogP contribution in [0.25, 0.3) is 10.8 Å². The molecule has 8 heteroatoms. The Kier molecular flexibility index (Phi) is 5.40. The number of carbonyl (C=O) groups is 2. The van der Waals surface area contributed by atoms with E-state index in [4.69, 9.17) is 15.2 Å². The minimum Gasteiger partial charge on any atom is -0.490 e. The first-order chi connectivity index (χ1) is 13.3. The van der Waals surface area contributed by atoms with Crippen LogP contribution in [0.15, 0.2) is 24.4 Å². The first-order valence-electron chi connectivity index (χ1n) is 9.12. The van der Waals surface area contributed by atoms with E-state index in [9.17, 15) is 14.0 Å². The first-order valence-corrected chi connectivity index (χ1v) is 9.12. The molecule has 1 atom stereocenters. The molecule has 1 spiro atoms. The fourth-order valence-electron chi connectivity index (χ4n) is 3.19. The molecule has 3 N–H and O–H groups in total. The zero-order valence-electron chi connectivity index (χ0n) is 16.1. The van der Waals surface area contributed by atoms with Crippen molar-refractivity contribution in [3.63, 3.8) is 0 Å². The summed E-state index contributed by atoms with van der Waals surface area (Å²) in [4.78, 5) is 26.2. The molecule has 1 aromatic carbocycles. The summed E-state index contributed by atoms with van der Waals surface area (Å²) in [6, 6.07) is 5.23. The summed E-state index contributed by atoms with van der Waals surface area (Å²) in [5.74, 6) is 0.00394. The number of carbonyl (C=O) groups excluding carboxylic acids is 2. The number of rotatable bonds is 4. The van der Waals surface area contributed by atoms with Crippen molar-refractivity contribution in [2.24, 2.45) is 11.1 Å². The van der Waals surface area contributed by atoms with Gasteiger partial charge in [0.1, 0.15) is 5.75 Å². The van der Waals surface area contributed by atoms with E-state index in [0.717, 1.165) is 23.6 Å². The van der Waals surface area contributed by atoms with Gasteiger partial charge in [-0.2, -0.15) is 0 Å². The Balaban J connectivity index is 0.000000206. The predicted molar refractivity (Wildman–Crippen MR) is 102 cm³/mol. The van der Waals surface area contributed by atoms with Gasteiger partial charge in [-0.15, -0.1) is 0 Å². The van der Waals surface area contributed by atoms with E-state index < -0.39 is 18.0 Å². The second-order valence-corrected chi connectivity index (χ2v) is 7.36. The minimum atomic E-state index is -1.21. The molecule has 2 amide bonds. The van der Waals surface area contributed by atoms with Crippen LogP contribution in [0.5, 0.6) is 11.6 Å². The third-order valence-corrected chi connectivity index (χ3v) is 4.92. The Morgan fingerprint density at radius 3 is 2.57 bits per heavy atom. The van der Waals surface area contributed by atoms with Crippen LogP contribution in [-0.2, 0) is 4.79 Å². The molecule has 0 radical (unpaired) electrons. The van der Waals surface area contributed by atoms with E-state index >= 15 is 0 Å². The summed E-state index contributed by atoms with van der Waals surface area (Å²) in [6.07, 6.45) is 2.12. The highest BCUT2D eigenvalue weighted by molar-refractivity contribution is 6.01. The zero-order chi connectivity index (χ0) is 20.5. The molecule has 1 aliphatic heterocycles. The maximum atomic E-state index is 12.7. The van der Waals surface area contributed by atoms with Crippen molar-refractivity contribution in [2.45, 2.75) is 39.0 Å². The number of fused-ring (bicyclic) bond motifs is 1. The topological polar surface area (TPSA) is 104 Å². The highest BCUT2D eigenvalue weighted by Gasteiger charge is 2.57. The molecule has 150 valence electrons. The third kappa shape index (κ3) is 3.85. The van der Waals surface area contributed by atoms with E-state index in [1.165, 1.54) is 0 Å². The van der Waals surface area contributed by atoms with Gasteiger partial charge in [-0.3, -0.25) is 9.59 Å². The van der Waals surface area contributed by atoms with Crippen molar-refractivity contribution in [1.82, 2.24) is 10.3 Å². The molecule has 7 nitrogen and oxygen atoms in total. The van der Waals surface area contributed by atoms with E-state index in [2.05, 4.69) is 10.3 Å². The van der Waals surface area contributed by atoms with Crippen molar-refractivity contribution in [2.75, 3.05) is 13.7 Å². The number of nitrogens with two attached hydrogens (primary N) is 1. The van der Waals surface area contributed by atoms with Gasteiger partial charge in [0.25, 0.3) is 11.8 Å². The Labute approximate surface area is 162 Å². The van der Waals surface area contributed by atoms with Crippen LogP contribution in [0.1, 0.15) is 37.0 Å². The number of hydrogen-bond donors (Lipinski definition) is 2. The lowest BCUT2D eigenvalue weighted by Gasteiger charge is -2.14. The summed E-state index contributed by atoms with van der Waals surface area (Å²) < 4.78 is 23.6. The lowest BCUT2D eigenvalue weighted by atomic mass is 10.1. The van der Waals surface area contributed by atoms with Gasteiger partial charge in [0.15, 0.2) is 6.17 Å². The third-order valence-electron chi connectivity index (χ3n) is 4.92. The first kappa shape index (κ1) is 19.9. The number of amides is 2. The van der Waals surface area contributed by atoms with E-state index in [1.807, 2.05) is 13.8 Å². The molecule has 1 aliphatic carbocycles. The van der Waals surface area contributed by atoms with Crippen molar-refractivity contribution >= 4 is 22.6 Å². The van der Waals surface area contributed by atoms with Crippen LogP contribution in [0.4, 0.5) is 4.39 Å². The van der Waals surface area contributed by atoms with Gasteiger partial charge in [0, 0.05) is 23.5 Å². The fourth-order valence-corrected chi connectivity index (χ4v) is 3.19. The molecule has 2 aromatic rings. The van der Waals surface area contributed by atoms with Crippen LogP contribution in [0, 0.1) is 5.41 Å². The summed E-state index contributed by atoms with van der Waals surface area (Å²) >= 11 is 0. The molecular formula is C20H24FN3O4. The summed E-state index contributed by atoms with van der Waals surface area (Å²) in [6.45, 7) is 4.33. The number of hydrogen-bond acceptors (Lipinski definition) is 5. The SMILES string of the molecule is COc1nccc2cc(C(N)=O)c(OC(C)C)cc12.O=C1NCC2(CC2)C1F. The molecule has 28 heavy (non-hydrogen) atoms. The Morgan fingerprint density at radius 2 is 2.11 bits per heavy atom. The molecule has 4 rings (SSSR count). The monoisotopic (exact) mass is 389 g/mol. The van der Waals surface area contributed by atoms with Gasteiger partial charge >= 0.3 is 0 Å². The molecule has 2 aliphatic rings. The Hall–Kier alpha value is -2.90. The number of benzene rings is 1. The van der Waals surface area contributed by atoms with E-state index in [-0.39, 0.29) is 11.5 Å². The average molecular weight is 389 g/mol. The number of halogens is 1. The highest BCUT2D eigenvalue weighted by Crippen LogP contribution is 2.51. The number of primary amides is 1. The standard InChI is InChI=1S/C14H16N2O3.C6H8FNO/c1-8(2)19-12-7-10-9(6-11(12)13(15)17)4-5-16-14(10)18-3;7-4-5(9)8-3-6(4)1-2-6/h4-8H,1-3H3,(H2,15,17);4H,1-3H2,(H,8,9). The van der Waals surface area contributed by atoms with Gasteiger partial charge in [-0.1, -0.05) is 0 Å². The maximum absolute atomic E-state index is 12.7. The normalized spacial score (nSPS) is 19.2. The van der Waals surface area contributed by atoms with Gasteiger partial charge in [0.2, 0.25) is 5.88 Å². The second-order valence-electron chi connectivity index (χ2n) is 7.36. The lowest BCUT2D eigenvalue weighted by molar-refractivity contribution is -0.124. The molecule has 2 fully saturated rings. The predicted octanol–water partition coefficient (Wildman–Crippen LogP) is 2.36. The Bertz CT molecular complexity index is 912. The second kappa shape index (κ2) is 7.61. The summed E-state index contributed by atoms with van der Waals surface area (Å²) in [5.41, 5.74) is 5.49. The van der Waals surface area contributed by atoms with Gasteiger partial charge < -0.3 is 20.5 Å². The fraction of sp³-hybridized carbons (Fsp3) is 0.450. The van der Waals surface area contributed by atoms with Gasteiger partial charge in [-0.05, 0) is 50.3 Å². The smallest absolute Gasteiger partial charge is 0.255 e. The molecule has 2 heterocycles. The maximum Gasteiger partial charge on any atom is 0.255 e. The van der Waals surface area contributed by atoms with Crippen LogP contribution < -0.4 is 20.5 Å². The molecular weight excluding hydrogens is 365 g/mol. The van der Waals surface area contributed by atoms with Crippen LogP contribution in [-0.4, -0.2) is 42.7 Å². The lowest BCUT2D eigenvalue weighted by Crippen LogP contribution is -2.20. The molecule has 0 bridgehead atoms. The van der Waals surface area contributed by atoms with Gasteiger partial charge in [-0.25, -0.2) is 9.37 Å². The largest absolute Gasteiger partial charge is 0.490 e. The van der Waals surface area contributed by atoms with E-state index in [1.54, 1.807) is 31.5 Å². The highest BCUT2D eigenvalue weighted by atomic mass is 19.1. The number of ether oxygens (including phenoxy) is 2. The summed E-state index contributed by atoms with van der Waals surface area (Å²) in [7, 11) is 1.55. The van der Waals surface area contributed by atoms with Crippen LogP contribution in [0.2, 0.25) is 0 Å². The minimum absolute atomic E-state index is 0.0572. The van der Waals surface area contributed by atoms with Crippen molar-refractivity contribution in [3.05, 3.63) is 30.0 Å². The van der Waals surface area contributed by atoms with E-state index in [0.29, 0.717) is 23.7 Å². The molecule has 1 unspecified atom stereocenters. The number of nitrogens with zero attached hydrogens (tertiary/aromatic N) is 1. The number of pyridine rings is 1. The van der Waals surface area contributed by atoms with Crippen LogP contribution in [0.3, 0.4) is 0 Å². The van der Waals surface area contributed by atoms with Crippen molar-refractivity contribution < 1.29 is 23.5 Å². The quantitative estimate of drug-likeness (QED) is 0.836. The molecule has 1 aromatic heterocycles.